The van der Waals surface area contributed by atoms with Crippen LogP contribution in [-0.4, -0.2) is 27.4 Å². The highest BCUT2D eigenvalue weighted by atomic mass is 28.3. The van der Waals surface area contributed by atoms with Gasteiger partial charge in [0, 0.05) is 44.9 Å². The third kappa shape index (κ3) is 7.58. The molecule has 0 amide bonds. The Bertz CT molecular complexity index is 4260. The topological polar surface area (TPSA) is 11.4 Å². The number of hydrogen-bond acceptors (Lipinski definition) is 2. The van der Waals surface area contributed by atoms with Crippen LogP contribution >= 0.6 is 0 Å². The number of benzene rings is 13. The molecule has 1 aromatic heterocycles. The molecule has 14 aromatic rings. The van der Waals surface area contributed by atoms with Crippen molar-refractivity contribution in [3.8, 4) is 5.69 Å². The number of anilines is 6. The van der Waals surface area contributed by atoms with Crippen LogP contribution in [0.1, 0.15) is 0 Å². The second-order valence-electron chi connectivity index (χ2n) is 22.3. The van der Waals surface area contributed by atoms with Gasteiger partial charge in [0.1, 0.15) is 0 Å². The van der Waals surface area contributed by atoms with Crippen LogP contribution in [0.2, 0.25) is 0 Å². The monoisotopic (exact) mass is 1100 g/mol. The predicted octanol–water partition coefficient (Wildman–Crippen LogP) is 11.6. The zero-order chi connectivity index (χ0) is 55.6. The van der Waals surface area contributed by atoms with Crippen LogP contribution < -0.4 is 67.7 Å². The van der Waals surface area contributed by atoms with Crippen molar-refractivity contribution < 1.29 is 0 Å². The maximum absolute atomic E-state index is 2.95. The van der Waals surface area contributed by atoms with Crippen molar-refractivity contribution in [3.05, 3.63) is 340 Å². The highest BCUT2D eigenvalue weighted by Crippen LogP contribution is 2.46. The van der Waals surface area contributed by atoms with Gasteiger partial charge in [0.25, 0.3) is 6.71 Å². The number of fused-ring (bicyclic) bond motifs is 7. The van der Waals surface area contributed by atoms with Crippen molar-refractivity contribution in [2.24, 2.45) is 0 Å². The quantitative estimate of drug-likeness (QED) is 0.0945. The molecule has 0 spiro atoms. The van der Waals surface area contributed by atoms with Crippen LogP contribution in [0.4, 0.5) is 34.1 Å². The molecule has 0 atom stereocenters. The second-order valence-corrected chi connectivity index (χ2v) is 29.9. The van der Waals surface area contributed by atoms with Crippen LogP contribution in [0.3, 0.4) is 0 Å². The van der Waals surface area contributed by atoms with Crippen LogP contribution in [0.25, 0.3) is 27.5 Å². The Hall–Kier alpha value is -10.2. The van der Waals surface area contributed by atoms with Gasteiger partial charge in [-0.3, -0.25) is 0 Å². The van der Waals surface area contributed by atoms with E-state index in [1.165, 1.54) is 91.1 Å². The van der Waals surface area contributed by atoms with E-state index in [4.69, 9.17) is 0 Å². The summed E-state index contributed by atoms with van der Waals surface area (Å²) < 4.78 is 2.51. The highest BCUT2D eigenvalue weighted by molar-refractivity contribution is 7.20. The SMILES string of the molecule is c1ccc([Si](c2ccccc2)(c2ccccc2)c2cccc(N3c4ccccc4B4c5ccccc5N(c5cccc([Si](c6ccccc6)(c6ccccc6)c6ccccc6)c5)c5cc(-n6c7ccccc7c7ccccc76)cc3c54)c2)cc1. The lowest BCUT2D eigenvalue weighted by Gasteiger charge is -2.45. The Balaban J connectivity index is 1.00. The van der Waals surface area contributed by atoms with Crippen molar-refractivity contribution in [1.82, 2.24) is 4.57 Å². The van der Waals surface area contributed by atoms with Crippen molar-refractivity contribution in [1.29, 1.82) is 0 Å². The second kappa shape index (κ2) is 20.3. The molecule has 0 fully saturated rings. The summed E-state index contributed by atoms with van der Waals surface area (Å²) in [6.45, 7) is -0.0636. The molecule has 0 unspecified atom stereocenters. The predicted molar refractivity (Wildman–Crippen MR) is 362 cm³/mol. The summed E-state index contributed by atoms with van der Waals surface area (Å²) >= 11 is 0. The largest absolute Gasteiger partial charge is 0.311 e. The van der Waals surface area contributed by atoms with E-state index in [0.29, 0.717) is 0 Å². The van der Waals surface area contributed by atoms with Gasteiger partial charge in [-0.2, -0.15) is 0 Å². The number of aromatic nitrogens is 1. The lowest BCUT2D eigenvalue weighted by atomic mass is 9.33. The average molecular weight is 1100 g/mol. The summed E-state index contributed by atoms with van der Waals surface area (Å²) in [6, 6.07) is 128. The Morgan fingerprint density at radius 2 is 0.524 bits per heavy atom. The van der Waals surface area contributed by atoms with Gasteiger partial charge in [-0.25, -0.2) is 0 Å². The zero-order valence-corrected chi connectivity index (χ0v) is 48.3. The minimum Gasteiger partial charge on any atom is -0.311 e. The first-order chi connectivity index (χ1) is 41.7. The van der Waals surface area contributed by atoms with Gasteiger partial charge in [0.15, 0.2) is 16.1 Å². The van der Waals surface area contributed by atoms with Gasteiger partial charge in [-0.05, 0) is 119 Å². The number of para-hydroxylation sites is 4. The molecule has 0 saturated carbocycles. The summed E-state index contributed by atoms with van der Waals surface area (Å²) in [4.78, 5) is 5.21. The molecule has 2 aliphatic rings. The number of hydrogen-bond donors (Lipinski definition) is 0. The molecular formula is C78H56BN3Si2. The van der Waals surface area contributed by atoms with Crippen molar-refractivity contribution in [3.63, 3.8) is 0 Å². The van der Waals surface area contributed by atoms with Gasteiger partial charge < -0.3 is 14.4 Å². The van der Waals surface area contributed by atoms with E-state index < -0.39 is 16.1 Å². The highest BCUT2D eigenvalue weighted by Gasteiger charge is 2.47. The third-order valence-corrected chi connectivity index (χ3v) is 27.6. The molecule has 0 N–H and O–H groups in total. The molecule has 13 aromatic carbocycles. The number of nitrogens with zero attached hydrogens (tertiary/aromatic N) is 3. The van der Waals surface area contributed by atoms with E-state index in [0.717, 1.165) is 28.4 Å². The van der Waals surface area contributed by atoms with Crippen LogP contribution in [-0.2, 0) is 0 Å². The first-order valence-electron chi connectivity index (χ1n) is 29.2. The van der Waals surface area contributed by atoms with Crippen LogP contribution in [0.15, 0.2) is 340 Å². The summed E-state index contributed by atoms with van der Waals surface area (Å²) in [6.07, 6.45) is 0. The lowest BCUT2D eigenvalue weighted by molar-refractivity contribution is 1.16. The standard InChI is InChI=1S/C78H56BN3Si2/c1-7-31-60(32-8-1)83(61-33-9-2-10-34-61,62-35-11-3-12-36-62)66-43-27-29-57(53-66)80-74-51-25-21-47-70(74)79-71-48-22-26-52-75(71)81(77-56-59(55-76(80)78(77)79)82-72-49-23-19-45-68(72)69-46-20-24-50-73(69)82)58-30-28-44-67(54-58)84(63-37-13-4-14-38-63,64-39-15-5-16-40-64)65-41-17-6-18-42-65/h1-56H. The molecule has 84 heavy (non-hydrogen) atoms. The molecule has 3 heterocycles. The molecule has 0 radical (unpaired) electrons. The molecule has 6 heteroatoms. The van der Waals surface area contributed by atoms with Crippen molar-refractivity contribution >= 4 is 137 Å². The minimum absolute atomic E-state index is 0.0636. The van der Waals surface area contributed by atoms with Gasteiger partial charge in [0.2, 0.25) is 0 Å². The average Bonchev–Trinajstić information content (AvgIpc) is 1.27. The maximum Gasteiger partial charge on any atom is 0.252 e. The van der Waals surface area contributed by atoms with Crippen molar-refractivity contribution in [2.75, 3.05) is 9.80 Å². The maximum atomic E-state index is 2.60. The Morgan fingerprint density at radius 1 is 0.226 bits per heavy atom. The normalized spacial score (nSPS) is 12.7. The molecule has 0 aliphatic carbocycles. The molecule has 2 aliphatic heterocycles. The minimum atomic E-state index is -2.95. The van der Waals surface area contributed by atoms with Crippen LogP contribution in [0, 0.1) is 0 Å². The van der Waals surface area contributed by atoms with Gasteiger partial charge in [-0.15, -0.1) is 0 Å². The first kappa shape index (κ1) is 49.6. The summed E-state index contributed by atoms with van der Waals surface area (Å²) in [5.41, 5.74) is 14.2. The van der Waals surface area contributed by atoms with E-state index >= 15 is 0 Å². The van der Waals surface area contributed by atoms with Crippen molar-refractivity contribution in [2.45, 2.75) is 0 Å². The van der Waals surface area contributed by atoms with Crippen LogP contribution in [0.5, 0.6) is 0 Å². The Morgan fingerprint density at radius 3 is 0.881 bits per heavy atom. The molecule has 0 saturated heterocycles. The van der Waals surface area contributed by atoms with Gasteiger partial charge in [-0.1, -0.05) is 279 Å². The molecular weight excluding hydrogens is 1050 g/mol. The molecule has 394 valence electrons. The van der Waals surface area contributed by atoms with E-state index in [1.807, 2.05) is 0 Å². The summed E-state index contributed by atoms with van der Waals surface area (Å²) in [7, 11) is -5.89. The third-order valence-electron chi connectivity index (χ3n) is 18.0. The molecule has 0 bridgehead atoms. The smallest absolute Gasteiger partial charge is 0.252 e. The zero-order valence-electron chi connectivity index (χ0n) is 46.3. The molecule has 16 rings (SSSR count). The summed E-state index contributed by atoms with van der Waals surface area (Å²) in [5, 5.41) is 13.2. The Labute approximate surface area is 493 Å². The number of rotatable bonds is 11. The van der Waals surface area contributed by atoms with E-state index in [1.54, 1.807) is 0 Å². The Kier molecular flexibility index (Phi) is 12.0. The van der Waals surface area contributed by atoms with E-state index in [2.05, 4.69) is 354 Å². The van der Waals surface area contributed by atoms with Gasteiger partial charge in [0.05, 0.1) is 16.7 Å². The van der Waals surface area contributed by atoms with Gasteiger partial charge >= 0.3 is 0 Å². The van der Waals surface area contributed by atoms with E-state index in [9.17, 15) is 0 Å². The first-order valence-corrected chi connectivity index (χ1v) is 33.2. The lowest BCUT2D eigenvalue weighted by Crippen LogP contribution is -2.74. The fourth-order valence-corrected chi connectivity index (χ4v) is 24.2. The fourth-order valence-electron chi connectivity index (χ4n) is 14.7. The fraction of sp³-hybridized carbons (Fsp3) is 0. The summed E-state index contributed by atoms with van der Waals surface area (Å²) in [5.74, 6) is 0. The molecule has 3 nitrogen and oxygen atoms in total. The van der Waals surface area contributed by atoms with E-state index in [-0.39, 0.29) is 6.71 Å².